The summed E-state index contributed by atoms with van der Waals surface area (Å²) in [5.41, 5.74) is 0.597. The van der Waals surface area contributed by atoms with Gasteiger partial charge in [-0.25, -0.2) is 4.79 Å². The monoisotopic (exact) mass is 282 g/mol. The highest BCUT2D eigenvalue weighted by Crippen LogP contribution is 2.26. The SMILES string of the molecule is COCCS(=O)Cc1oc2ccccc2c1C(=O)O. The lowest BCUT2D eigenvalue weighted by Gasteiger charge is -2.00. The third-order valence-corrected chi connectivity index (χ3v) is 3.90. The van der Waals surface area contributed by atoms with Gasteiger partial charge in [-0.2, -0.15) is 0 Å². The average Bonchev–Trinajstić information content (AvgIpc) is 2.74. The second-order valence-electron chi connectivity index (χ2n) is 3.98. The minimum atomic E-state index is -1.21. The van der Waals surface area contributed by atoms with Gasteiger partial charge in [0, 0.05) is 29.0 Å². The van der Waals surface area contributed by atoms with Gasteiger partial charge in [-0.1, -0.05) is 18.2 Å². The van der Waals surface area contributed by atoms with Crippen molar-refractivity contribution in [3.63, 3.8) is 0 Å². The first kappa shape index (κ1) is 13.8. The van der Waals surface area contributed by atoms with Gasteiger partial charge in [0.2, 0.25) is 0 Å². The molecule has 1 atom stereocenters. The molecule has 1 N–H and O–H groups in total. The van der Waals surface area contributed by atoms with E-state index in [-0.39, 0.29) is 17.1 Å². The number of carbonyl (C=O) groups is 1. The van der Waals surface area contributed by atoms with E-state index in [1.54, 1.807) is 24.3 Å². The Hall–Kier alpha value is -1.66. The van der Waals surface area contributed by atoms with Crippen molar-refractivity contribution in [3.05, 3.63) is 35.6 Å². The Labute approximate surface area is 112 Å². The molecule has 2 aromatic rings. The van der Waals surface area contributed by atoms with Crippen LogP contribution in [-0.4, -0.2) is 34.8 Å². The molecule has 1 heterocycles. The van der Waals surface area contributed by atoms with Crippen molar-refractivity contribution in [2.24, 2.45) is 0 Å². The summed E-state index contributed by atoms with van der Waals surface area (Å²) < 4.78 is 22.1. The topological polar surface area (TPSA) is 76.7 Å². The number of carboxylic acid groups (broad SMARTS) is 1. The lowest BCUT2D eigenvalue weighted by molar-refractivity contribution is 0.0697. The Morgan fingerprint density at radius 3 is 2.84 bits per heavy atom. The number of rotatable bonds is 6. The fraction of sp³-hybridized carbons (Fsp3) is 0.308. The van der Waals surface area contributed by atoms with Crippen LogP contribution in [0.2, 0.25) is 0 Å². The third kappa shape index (κ3) is 3.02. The van der Waals surface area contributed by atoms with E-state index in [1.807, 2.05) is 0 Å². The van der Waals surface area contributed by atoms with Gasteiger partial charge < -0.3 is 14.3 Å². The van der Waals surface area contributed by atoms with E-state index in [0.29, 0.717) is 23.3 Å². The van der Waals surface area contributed by atoms with Crippen LogP contribution in [0.1, 0.15) is 16.1 Å². The normalized spacial score (nSPS) is 12.7. The van der Waals surface area contributed by atoms with Crippen molar-refractivity contribution >= 4 is 27.7 Å². The number of carboxylic acids is 1. The van der Waals surface area contributed by atoms with E-state index >= 15 is 0 Å². The molecule has 0 aliphatic carbocycles. The minimum absolute atomic E-state index is 0.0830. The van der Waals surface area contributed by atoms with Crippen molar-refractivity contribution in [3.8, 4) is 0 Å². The summed E-state index contributed by atoms with van der Waals surface area (Å²) in [6.07, 6.45) is 0. The molecule has 6 heteroatoms. The van der Waals surface area contributed by atoms with Crippen molar-refractivity contribution < 1.29 is 23.3 Å². The first-order valence-corrected chi connectivity index (χ1v) is 7.20. The largest absolute Gasteiger partial charge is 0.478 e. The molecular formula is C13H14O5S. The molecule has 1 aromatic carbocycles. The molecule has 0 bridgehead atoms. The van der Waals surface area contributed by atoms with Gasteiger partial charge in [0.1, 0.15) is 16.9 Å². The van der Waals surface area contributed by atoms with Gasteiger partial charge >= 0.3 is 5.97 Å². The third-order valence-electron chi connectivity index (χ3n) is 2.69. The van der Waals surface area contributed by atoms with E-state index in [2.05, 4.69) is 0 Å². The number of hydrogen-bond donors (Lipinski definition) is 1. The Kier molecular flexibility index (Phi) is 4.34. The van der Waals surface area contributed by atoms with Crippen LogP contribution in [0.3, 0.4) is 0 Å². The zero-order valence-corrected chi connectivity index (χ0v) is 11.2. The molecule has 0 spiro atoms. The van der Waals surface area contributed by atoms with Gasteiger partial charge in [0.05, 0.1) is 12.4 Å². The van der Waals surface area contributed by atoms with Crippen LogP contribution in [0, 0.1) is 0 Å². The fourth-order valence-corrected chi connectivity index (χ4v) is 2.82. The van der Waals surface area contributed by atoms with Crippen LogP contribution < -0.4 is 0 Å². The zero-order valence-electron chi connectivity index (χ0n) is 10.4. The molecule has 0 saturated heterocycles. The van der Waals surface area contributed by atoms with Crippen LogP contribution in [0.4, 0.5) is 0 Å². The van der Waals surface area contributed by atoms with E-state index in [0.717, 1.165) is 0 Å². The summed E-state index contributed by atoms with van der Waals surface area (Å²) in [6, 6.07) is 6.90. The predicted octanol–water partition coefficient (Wildman–Crippen LogP) is 2.03. The maximum Gasteiger partial charge on any atom is 0.339 e. The van der Waals surface area contributed by atoms with Gasteiger partial charge in [0.25, 0.3) is 0 Å². The first-order valence-electron chi connectivity index (χ1n) is 5.71. The van der Waals surface area contributed by atoms with E-state index in [4.69, 9.17) is 9.15 Å². The maximum atomic E-state index is 11.8. The summed E-state index contributed by atoms with van der Waals surface area (Å²) in [6.45, 7) is 0.370. The molecular weight excluding hydrogens is 268 g/mol. The molecule has 102 valence electrons. The van der Waals surface area contributed by atoms with Crippen LogP contribution in [0.15, 0.2) is 28.7 Å². The lowest BCUT2D eigenvalue weighted by Crippen LogP contribution is -2.08. The van der Waals surface area contributed by atoms with Gasteiger partial charge in [-0.15, -0.1) is 0 Å². The van der Waals surface area contributed by atoms with Gasteiger partial charge in [-0.3, -0.25) is 4.21 Å². The second kappa shape index (κ2) is 5.99. The highest BCUT2D eigenvalue weighted by atomic mass is 32.2. The maximum absolute atomic E-state index is 11.8. The smallest absolute Gasteiger partial charge is 0.339 e. The Bertz CT molecular complexity index is 617. The Balaban J connectivity index is 2.34. The van der Waals surface area contributed by atoms with E-state index < -0.39 is 16.8 Å². The summed E-state index contributed by atoms with van der Waals surface area (Å²) in [5.74, 6) is -0.376. The average molecular weight is 282 g/mol. The molecule has 5 nitrogen and oxygen atoms in total. The van der Waals surface area contributed by atoms with Crippen molar-refractivity contribution in [2.75, 3.05) is 19.5 Å². The molecule has 19 heavy (non-hydrogen) atoms. The van der Waals surface area contributed by atoms with Crippen LogP contribution in [0.5, 0.6) is 0 Å². The summed E-state index contributed by atoms with van der Waals surface area (Å²) in [5, 5.41) is 9.79. The standard InChI is InChI=1S/C13H14O5S/c1-17-6-7-19(16)8-11-12(13(14)15)9-4-2-3-5-10(9)18-11/h2-5H,6-8H2,1H3,(H,14,15). The van der Waals surface area contributed by atoms with Crippen LogP contribution >= 0.6 is 0 Å². The van der Waals surface area contributed by atoms with Crippen molar-refractivity contribution in [2.45, 2.75) is 5.75 Å². The first-order chi connectivity index (χ1) is 9.13. The Morgan fingerprint density at radius 1 is 1.42 bits per heavy atom. The molecule has 2 rings (SSSR count). The van der Waals surface area contributed by atoms with Crippen LogP contribution in [-0.2, 0) is 21.3 Å². The van der Waals surface area contributed by atoms with E-state index in [9.17, 15) is 14.1 Å². The molecule has 0 amide bonds. The molecule has 0 fully saturated rings. The minimum Gasteiger partial charge on any atom is -0.478 e. The van der Waals surface area contributed by atoms with Gasteiger partial charge in [0.15, 0.2) is 0 Å². The number of ether oxygens (including phenoxy) is 1. The summed E-state index contributed by atoms with van der Waals surface area (Å²) in [4.78, 5) is 11.3. The molecule has 1 unspecified atom stereocenters. The quantitative estimate of drug-likeness (QED) is 0.877. The molecule has 0 radical (unpaired) electrons. The highest BCUT2D eigenvalue weighted by molar-refractivity contribution is 7.84. The fourth-order valence-electron chi connectivity index (χ4n) is 1.83. The number of hydrogen-bond acceptors (Lipinski definition) is 4. The second-order valence-corrected chi connectivity index (χ2v) is 5.56. The summed E-state index contributed by atoms with van der Waals surface area (Å²) in [7, 11) is 0.322. The number of benzene rings is 1. The predicted molar refractivity (Wildman–Crippen MR) is 71.8 cm³/mol. The number of methoxy groups -OCH3 is 1. The van der Waals surface area contributed by atoms with E-state index in [1.165, 1.54) is 7.11 Å². The van der Waals surface area contributed by atoms with Gasteiger partial charge in [-0.05, 0) is 6.07 Å². The zero-order chi connectivity index (χ0) is 13.8. The molecule has 0 saturated carbocycles. The lowest BCUT2D eigenvalue weighted by atomic mass is 10.1. The van der Waals surface area contributed by atoms with Crippen molar-refractivity contribution in [1.29, 1.82) is 0 Å². The number of furan rings is 1. The molecule has 0 aliphatic heterocycles. The molecule has 1 aromatic heterocycles. The summed E-state index contributed by atoms with van der Waals surface area (Å²) >= 11 is 0. The Morgan fingerprint density at radius 2 is 2.16 bits per heavy atom. The van der Waals surface area contributed by atoms with Crippen LogP contribution in [0.25, 0.3) is 11.0 Å². The number of fused-ring (bicyclic) bond motifs is 1. The number of para-hydroxylation sites is 1. The van der Waals surface area contributed by atoms with Crippen molar-refractivity contribution in [1.82, 2.24) is 0 Å². The highest BCUT2D eigenvalue weighted by Gasteiger charge is 2.21. The molecule has 0 aliphatic rings. The number of aromatic carboxylic acids is 1.